The molecule has 38 heavy (non-hydrogen) atoms. The van der Waals surface area contributed by atoms with Crippen LogP contribution in [0.15, 0.2) is 30.3 Å². The Labute approximate surface area is 228 Å². The van der Waals surface area contributed by atoms with E-state index >= 15 is 0 Å². The van der Waals surface area contributed by atoms with E-state index in [1.807, 2.05) is 6.07 Å². The summed E-state index contributed by atoms with van der Waals surface area (Å²) in [5.41, 5.74) is 6.66. The lowest BCUT2D eigenvalue weighted by molar-refractivity contribution is -0.144. The number of carbonyl (C=O) groups excluding carboxylic acids is 4. The van der Waals surface area contributed by atoms with Crippen LogP contribution in [0.5, 0.6) is 0 Å². The molecule has 1 aromatic carbocycles. The number of sulfonamides is 1. The molecule has 208 valence electrons. The lowest BCUT2D eigenvalue weighted by Gasteiger charge is -2.39. The zero-order valence-corrected chi connectivity index (χ0v) is 23.2. The number of Topliss-reactive ketones (excluding diaryl/α,β-unsaturated/α-hetero) is 1. The van der Waals surface area contributed by atoms with Crippen LogP contribution in [0.3, 0.4) is 0 Å². The molecule has 2 saturated heterocycles. The first-order valence-corrected chi connectivity index (χ1v) is 15.8. The topological polar surface area (TPSA) is 147 Å². The first-order valence-electron chi connectivity index (χ1n) is 13.2. The van der Waals surface area contributed by atoms with Gasteiger partial charge in [-0.05, 0) is 55.8 Å². The van der Waals surface area contributed by atoms with Crippen molar-refractivity contribution in [2.45, 2.75) is 75.4 Å². The van der Waals surface area contributed by atoms with Crippen LogP contribution in [0.4, 0.5) is 0 Å². The number of fused-ring (bicyclic) bond motifs is 1. The highest BCUT2D eigenvalue weighted by molar-refractivity contribution is 8.15. The van der Waals surface area contributed by atoms with Crippen LogP contribution in [0.1, 0.15) is 51.0 Å². The number of ketones is 1. The number of carbonyl (C=O) groups is 4. The third kappa shape index (κ3) is 6.47. The lowest BCUT2D eigenvalue weighted by Crippen LogP contribution is -2.61. The van der Waals surface area contributed by atoms with Gasteiger partial charge in [-0.25, -0.2) is 8.42 Å². The molecule has 0 unspecified atom stereocenters. The third-order valence-electron chi connectivity index (χ3n) is 7.75. The Morgan fingerprint density at radius 2 is 1.76 bits per heavy atom. The Kier molecular flexibility index (Phi) is 9.27. The van der Waals surface area contributed by atoms with E-state index in [0.29, 0.717) is 49.8 Å². The zero-order chi connectivity index (χ0) is 27.4. The van der Waals surface area contributed by atoms with Crippen molar-refractivity contribution in [2.24, 2.45) is 11.7 Å². The molecule has 2 aliphatic heterocycles. The Balaban J connectivity index is 1.44. The average Bonchev–Trinajstić information content (AvgIpc) is 3.33. The fourth-order valence-electron chi connectivity index (χ4n) is 5.77. The standard InChI is InChI=1S/C26H36N4O6S2/c1-2-37-26(34)24(32)23(18-8-10-19(27)11-9-18)28-25(33)21-13-12-20-14-29(15-22(31)30(20)21)38(35,36)16-17-6-4-3-5-7-17/h3-7,18-21,23H,2,8-16,27H2,1H3,(H,28,33)/t18?,19?,20-,21-,23-/m0/s1. The smallest absolute Gasteiger partial charge is 0.257 e. The van der Waals surface area contributed by atoms with Gasteiger partial charge in [0.05, 0.1) is 18.3 Å². The van der Waals surface area contributed by atoms with Gasteiger partial charge in [-0.1, -0.05) is 49.0 Å². The maximum absolute atomic E-state index is 13.4. The van der Waals surface area contributed by atoms with Crippen LogP contribution in [-0.2, 0) is 35.0 Å². The summed E-state index contributed by atoms with van der Waals surface area (Å²) in [5, 5.41) is 2.24. The van der Waals surface area contributed by atoms with E-state index in [2.05, 4.69) is 5.32 Å². The summed E-state index contributed by atoms with van der Waals surface area (Å²) in [5.74, 6) is -1.46. The van der Waals surface area contributed by atoms with Gasteiger partial charge in [0, 0.05) is 18.6 Å². The first-order chi connectivity index (χ1) is 18.1. The number of benzene rings is 1. The van der Waals surface area contributed by atoms with E-state index in [9.17, 15) is 27.6 Å². The number of piperazine rings is 1. The highest BCUT2D eigenvalue weighted by Crippen LogP contribution is 2.32. The van der Waals surface area contributed by atoms with Crippen molar-refractivity contribution in [3.05, 3.63) is 35.9 Å². The van der Waals surface area contributed by atoms with E-state index < -0.39 is 50.9 Å². The molecule has 0 bridgehead atoms. The van der Waals surface area contributed by atoms with E-state index in [0.717, 1.165) is 11.8 Å². The fraction of sp³-hybridized carbons (Fsp3) is 0.615. The van der Waals surface area contributed by atoms with Crippen molar-refractivity contribution in [3.63, 3.8) is 0 Å². The number of hydrogen-bond acceptors (Lipinski definition) is 8. The Hall–Kier alpha value is -2.28. The number of nitrogens with zero attached hydrogens (tertiary/aromatic N) is 2. The fourth-order valence-corrected chi connectivity index (χ4v) is 7.81. The number of hydrogen-bond donors (Lipinski definition) is 2. The predicted octanol–water partition coefficient (Wildman–Crippen LogP) is 1.04. The summed E-state index contributed by atoms with van der Waals surface area (Å²) in [6.45, 7) is 1.58. The van der Waals surface area contributed by atoms with Crippen molar-refractivity contribution >= 4 is 44.5 Å². The maximum atomic E-state index is 13.4. The summed E-state index contributed by atoms with van der Waals surface area (Å²) in [7, 11) is -3.72. The summed E-state index contributed by atoms with van der Waals surface area (Å²) < 4.78 is 27.3. The van der Waals surface area contributed by atoms with Gasteiger partial charge in [0.1, 0.15) is 6.04 Å². The number of rotatable bonds is 9. The molecule has 3 atom stereocenters. The summed E-state index contributed by atoms with van der Waals surface area (Å²) in [6.07, 6.45) is 3.52. The second-order valence-electron chi connectivity index (χ2n) is 10.3. The zero-order valence-electron chi connectivity index (χ0n) is 21.6. The molecule has 0 aromatic heterocycles. The molecule has 1 aliphatic carbocycles. The Morgan fingerprint density at radius 3 is 2.42 bits per heavy atom. The molecule has 1 aromatic rings. The van der Waals surface area contributed by atoms with Gasteiger partial charge in [0.15, 0.2) is 0 Å². The molecular weight excluding hydrogens is 528 g/mol. The number of thioether (sulfide) groups is 1. The quantitative estimate of drug-likeness (QED) is 0.423. The number of amides is 2. The predicted molar refractivity (Wildman–Crippen MR) is 144 cm³/mol. The van der Waals surface area contributed by atoms with Gasteiger partial charge in [0.2, 0.25) is 27.6 Å². The minimum absolute atomic E-state index is 0.0427. The normalized spacial score (nSPS) is 27.0. The van der Waals surface area contributed by atoms with E-state index in [1.54, 1.807) is 31.2 Å². The molecule has 0 spiro atoms. The molecule has 3 aliphatic rings. The lowest BCUT2D eigenvalue weighted by atomic mass is 9.80. The van der Waals surface area contributed by atoms with Gasteiger partial charge in [0.25, 0.3) is 5.12 Å². The number of nitrogens with one attached hydrogen (secondary N) is 1. The minimum Gasteiger partial charge on any atom is -0.344 e. The van der Waals surface area contributed by atoms with Crippen LogP contribution in [0.25, 0.3) is 0 Å². The maximum Gasteiger partial charge on any atom is 0.257 e. The molecule has 2 amide bonds. The van der Waals surface area contributed by atoms with E-state index in [1.165, 1.54) is 9.21 Å². The van der Waals surface area contributed by atoms with Gasteiger partial charge < -0.3 is 16.0 Å². The monoisotopic (exact) mass is 564 g/mol. The molecule has 3 N–H and O–H groups in total. The van der Waals surface area contributed by atoms with Crippen LogP contribution in [0.2, 0.25) is 0 Å². The molecule has 2 heterocycles. The van der Waals surface area contributed by atoms with Crippen molar-refractivity contribution in [1.82, 2.24) is 14.5 Å². The molecular formula is C26H36N4O6S2. The summed E-state index contributed by atoms with van der Waals surface area (Å²) in [6, 6.07) is 6.66. The largest absolute Gasteiger partial charge is 0.344 e. The first kappa shape index (κ1) is 28.7. The van der Waals surface area contributed by atoms with Crippen LogP contribution >= 0.6 is 11.8 Å². The Bertz CT molecular complexity index is 1150. The van der Waals surface area contributed by atoms with Gasteiger partial charge >= 0.3 is 0 Å². The van der Waals surface area contributed by atoms with Crippen molar-refractivity contribution in [3.8, 4) is 0 Å². The van der Waals surface area contributed by atoms with Crippen LogP contribution < -0.4 is 11.1 Å². The molecule has 10 nitrogen and oxygen atoms in total. The van der Waals surface area contributed by atoms with E-state index in [4.69, 9.17) is 5.73 Å². The molecule has 4 rings (SSSR count). The van der Waals surface area contributed by atoms with Crippen molar-refractivity contribution in [2.75, 3.05) is 18.8 Å². The van der Waals surface area contributed by atoms with Crippen LogP contribution in [0, 0.1) is 5.92 Å². The Morgan fingerprint density at radius 1 is 1.08 bits per heavy atom. The average molecular weight is 565 g/mol. The van der Waals surface area contributed by atoms with Crippen molar-refractivity contribution in [1.29, 1.82) is 0 Å². The highest BCUT2D eigenvalue weighted by Gasteiger charge is 2.48. The molecule has 0 radical (unpaired) electrons. The van der Waals surface area contributed by atoms with Gasteiger partial charge in [-0.3, -0.25) is 19.2 Å². The third-order valence-corrected chi connectivity index (χ3v) is 10.3. The van der Waals surface area contributed by atoms with Gasteiger partial charge in [-0.2, -0.15) is 4.31 Å². The molecule has 3 fully saturated rings. The van der Waals surface area contributed by atoms with Crippen molar-refractivity contribution < 1.29 is 27.6 Å². The second kappa shape index (κ2) is 12.3. The SMILES string of the molecule is CCSC(=O)C(=O)[C@@H](NC(=O)[C@@H]1CC[C@H]2CN(S(=O)(=O)Cc3ccccc3)CC(=O)N21)C1CCC(N)CC1. The van der Waals surface area contributed by atoms with Gasteiger partial charge in [-0.15, -0.1) is 0 Å². The molecule has 12 heteroatoms. The summed E-state index contributed by atoms with van der Waals surface area (Å²) in [4.78, 5) is 53.6. The van der Waals surface area contributed by atoms with Crippen LogP contribution in [-0.4, -0.2) is 83.3 Å². The number of nitrogens with two attached hydrogens (primary N) is 1. The second-order valence-corrected chi connectivity index (χ2v) is 13.5. The summed E-state index contributed by atoms with van der Waals surface area (Å²) >= 11 is 0.922. The molecule has 1 saturated carbocycles. The highest BCUT2D eigenvalue weighted by atomic mass is 32.2. The minimum atomic E-state index is -3.72. The van der Waals surface area contributed by atoms with E-state index in [-0.39, 0.29) is 30.8 Å².